The summed E-state index contributed by atoms with van der Waals surface area (Å²) in [6, 6.07) is 9.65. The third kappa shape index (κ3) is 3.68. The lowest BCUT2D eigenvalue weighted by Gasteiger charge is -2.34. The second-order valence-corrected chi connectivity index (χ2v) is 7.48. The van der Waals surface area contributed by atoms with E-state index in [0.29, 0.717) is 23.2 Å². The number of phenols is 1. The molecule has 7 nitrogen and oxygen atoms in total. The molecule has 148 valence electrons. The second-order valence-electron chi connectivity index (χ2n) is 7.48. The average molecular weight is 380 g/mol. The van der Waals surface area contributed by atoms with Crippen LogP contribution in [0.3, 0.4) is 0 Å². The number of anilines is 1. The zero-order chi connectivity index (χ0) is 19.5. The van der Waals surface area contributed by atoms with Crippen molar-refractivity contribution >= 4 is 11.4 Å². The highest BCUT2D eigenvalue weighted by Gasteiger charge is 2.27. The van der Waals surface area contributed by atoms with Crippen LogP contribution in [-0.2, 0) is 0 Å². The van der Waals surface area contributed by atoms with E-state index in [2.05, 4.69) is 44.4 Å². The molecule has 1 atom stereocenters. The Balaban J connectivity index is 1.62. The lowest BCUT2D eigenvalue weighted by atomic mass is 9.91. The highest BCUT2D eigenvalue weighted by Crippen LogP contribution is 2.32. The van der Waals surface area contributed by atoms with Gasteiger partial charge in [0, 0.05) is 37.0 Å². The van der Waals surface area contributed by atoms with Gasteiger partial charge < -0.3 is 20.7 Å². The van der Waals surface area contributed by atoms with Gasteiger partial charge in [-0.25, -0.2) is 5.43 Å². The Morgan fingerprint density at radius 3 is 2.71 bits per heavy atom. The summed E-state index contributed by atoms with van der Waals surface area (Å²) in [5.41, 5.74) is 7.04. The van der Waals surface area contributed by atoms with Crippen LogP contribution < -0.4 is 16.1 Å². The van der Waals surface area contributed by atoms with Gasteiger partial charge in [0.1, 0.15) is 5.75 Å². The minimum absolute atomic E-state index is 0.208. The number of para-hydroxylation sites is 1. The number of hydrogen-bond acceptors (Lipinski definition) is 7. The number of hydrogen-bond donors (Lipinski definition) is 4. The van der Waals surface area contributed by atoms with Gasteiger partial charge in [0.2, 0.25) is 0 Å². The van der Waals surface area contributed by atoms with Gasteiger partial charge >= 0.3 is 0 Å². The van der Waals surface area contributed by atoms with Gasteiger partial charge in [-0.05, 0) is 62.5 Å². The van der Waals surface area contributed by atoms with Crippen LogP contribution in [0.25, 0.3) is 16.8 Å². The van der Waals surface area contributed by atoms with Crippen molar-refractivity contribution in [3.63, 3.8) is 0 Å². The van der Waals surface area contributed by atoms with E-state index in [1.165, 1.54) is 12.8 Å². The van der Waals surface area contributed by atoms with E-state index >= 15 is 0 Å². The maximum Gasteiger partial charge on any atom is 0.156 e. The second kappa shape index (κ2) is 8.16. The first-order valence-corrected chi connectivity index (χ1v) is 9.95. The number of aromatic hydroxyl groups is 1. The Kier molecular flexibility index (Phi) is 5.45. The molecule has 0 amide bonds. The fourth-order valence-corrected chi connectivity index (χ4v) is 4.06. The van der Waals surface area contributed by atoms with Crippen molar-refractivity contribution in [1.82, 2.24) is 25.9 Å². The Labute approximate surface area is 165 Å². The molecule has 2 aliphatic rings. The Bertz CT molecular complexity index is 862. The van der Waals surface area contributed by atoms with Crippen molar-refractivity contribution in [3.05, 3.63) is 42.1 Å². The molecule has 0 bridgehead atoms. The zero-order valence-electron chi connectivity index (χ0n) is 16.4. The SMILES string of the molecule is CNc1nnc(-c2ccccc2O)cc1C1=CN(C(C)C2CCNCC2)NC1. The van der Waals surface area contributed by atoms with Crippen LogP contribution in [0, 0.1) is 5.92 Å². The third-order valence-corrected chi connectivity index (χ3v) is 5.81. The number of piperidine rings is 1. The normalized spacial score (nSPS) is 18.8. The Morgan fingerprint density at radius 1 is 1.18 bits per heavy atom. The first-order valence-electron chi connectivity index (χ1n) is 9.95. The number of hydrazine groups is 1. The quantitative estimate of drug-likeness (QED) is 0.634. The molecule has 0 saturated carbocycles. The van der Waals surface area contributed by atoms with Crippen LogP contribution >= 0.6 is 0 Å². The molecule has 1 aromatic heterocycles. The van der Waals surface area contributed by atoms with Crippen LogP contribution in [0.4, 0.5) is 5.82 Å². The molecule has 2 aliphatic heterocycles. The monoisotopic (exact) mass is 380 g/mol. The van der Waals surface area contributed by atoms with Gasteiger partial charge in [0.15, 0.2) is 5.82 Å². The molecule has 2 aromatic rings. The fourth-order valence-electron chi connectivity index (χ4n) is 4.06. The number of nitrogens with one attached hydrogen (secondary N) is 3. The number of rotatable bonds is 5. The molecule has 0 radical (unpaired) electrons. The first kappa shape index (κ1) is 18.7. The smallest absolute Gasteiger partial charge is 0.156 e. The highest BCUT2D eigenvalue weighted by atomic mass is 16.3. The molecule has 1 unspecified atom stereocenters. The summed E-state index contributed by atoms with van der Waals surface area (Å²) in [6.45, 7) is 5.23. The maximum absolute atomic E-state index is 10.2. The van der Waals surface area contributed by atoms with Crippen LogP contribution in [-0.4, -0.2) is 53.0 Å². The molecule has 0 spiro atoms. The summed E-state index contributed by atoms with van der Waals surface area (Å²) in [4.78, 5) is 0. The van der Waals surface area contributed by atoms with Crippen LogP contribution in [0.15, 0.2) is 36.5 Å². The molecule has 1 aromatic carbocycles. The van der Waals surface area contributed by atoms with Crippen molar-refractivity contribution in [3.8, 4) is 17.0 Å². The fraction of sp³-hybridized carbons (Fsp3) is 0.429. The van der Waals surface area contributed by atoms with Crippen molar-refractivity contribution < 1.29 is 5.11 Å². The van der Waals surface area contributed by atoms with E-state index in [9.17, 15) is 5.11 Å². The molecule has 1 saturated heterocycles. The number of aromatic nitrogens is 2. The minimum atomic E-state index is 0.208. The molecule has 1 fully saturated rings. The topological polar surface area (TPSA) is 85.3 Å². The summed E-state index contributed by atoms with van der Waals surface area (Å²) < 4.78 is 0. The Morgan fingerprint density at radius 2 is 1.96 bits per heavy atom. The van der Waals surface area contributed by atoms with Gasteiger partial charge in [0.05, 0.1) is 5.69 Å². The molecule has 4 rings (SSSR count). The van der Waals surface area contributed by atoms with E-state index in [1.807, 2.05) is 25.2 Å². The third-order valence-electron chi connectivity index (χ3n) is 5.81. The molecule has 7 heteroatoms. The number of nitrogens with zero attached hydrogens (tertiary/aromatic N) is 3. The van der Waals surface area contributed by atoms with Crippen molar-refractivity contribution in [2.45, 2.75) is 25.8 Å². The standard InChI is InChI=1S/C21H28N6O/c1-14(15-7-9-23-10-8-15)27-13-16(12-24-27)18-11-19(25-26-21(18)22-2)17-5-3-4-6-20(17)28/h3-6,11,13-15,23-24,28H,7-10,12H2,1-2H3,(H,22,26). The van der Waals surface area contributed by atoms with E-state index < -0.39 is 0 Å². The van der Waals surface area contributed by atoms with Crippen molar-refractivity contribution in [2.75, 3.05) is 32.0 Å². The van der Waals surface area contributed by atoms with Crippen molar-refractivity contribution in [1.29, 1.82) is 0 Å². The van der Waals surface area contributed by atoms with E-state index in [0.717, 1.165) is 36.6 Å². The first-order chi connectivity index (χ1) is 13.7. The lowest BCUT2D eigenvalue weighted by Crippen LogP contribution is -2.44. The lowest BCUT2D eigenvalue weighted by molar-refractivity contribution is 0.149. The molecule has 28 heavy (non-hydrogen) atoms. The van der Waals surface area contributed by atoms with Crippen LogP contribution in [0.2, 0.25) is 0 Å². The average Bonchev–Trinajstić information content (AvgIpc) is 3.24. The summed E-state index contributed by atoms with van der Waals surface area (Å²) in [6.07, 6.45) is 4.61. The maximum atomic E-state index is 10.2. The molecule has 4 N–H and O–H groups in total. The molecule has 0 aliphatic carbocycles. The summed E-state index contributed by atoms with van der Waals surface area (Å²) >= 11 is 0. The highest BCUT2D eigenvalue weighted by molar-refractivity contribution is 5.79. The molecular formula is C21H28N6O. The van der Waals surface area contributed by atoms with Gasteiger partial charge in [-0.3, -0.25) is 0 Å². The van der Waals surface area contributed by atoms with Gasteiger partial charge in [0.25, 0.3) is 0 Å². The summed E-state index contributed by atoms with van der Waals surface area (Å²) in [5.74, 6) is 1.63. The number of phenolic OH excluding ortho intramolecular Hbond substituents is 1. The summed E-state index contributed by atoms with van der Waals surface area (Å²) in [5, 5.41) is 27.7. The van der Waals surface area contributed by atoms with Crippen LogP contribution in [0.5, 0.6) is 5.75 Å². The summed E-state index contributed by atoms with van der Waals surface area (Å²) in [7, 11) is 1.85. The molecule has 3 heterocycles. The van der Waals surface area contributed by atoms with Gasteiger partial charge in [-0.2, -0.15) is 0 Å². The minimum Gasteiger partial charge on any atom is -0.507 e. The van der Waals surface area contributed by atoms with Gasteiger partial charge in [-0.15, -0.1) is 10.2 Å². The predicted octanol–water partition coefficient (Wildman–Crippen LogP) is 2.44. The van der Waals surface area contributed by atoms with E-state index in [4.69, 9.17) is 0 Å². The predicted molar refractivity (Wildman–Crippen MR) is 112 cm³/mol. The molecular weight excluding hydrogens is 352 g/mol. The Hall–Kier alpha value is -2.64. The van der Waals surface area contributed by atoms with E-state index in [1.54, 1.807) is 12.1 Å². The van der Waals surface area contributed by atoms with Crippen molar-refractivity contribution in [2.24, 2.45) is 5.92 Å². The van der Waals surface area contributed by atoms with Gasteiger partial charge in [-0.1, -0.05) is 12.1 Å². The van der Waals surface area contributed by atoms with Crippen LogP contribution in [0.1, 0.15) is 25.3 Å². The largest absolute Gasteiger partial charge is 0.507 e. The van der Waals surface area contributed by atoms with E-state index in [-0.39, 0.29) is 5.75 Å². The zero-order valence-corrected chi connectivity index (χ0v) is 16.4. The number of benzene rings is 1.